The second-order valence-corrected chi connectivity index (χ2v) is 10.1. The van der Waals surface area contributed by atoms with E-state index in [0.29, 0.717) is 17.7 Å². The van der Waals surface area contributed by atoms with Crippen LogP contribution in [0.2, 0.25) is 0 Å². The quantitative estimate of drug-likeness (QED) is 0.422. The molecule has 0 aliphatic heterocycles. The highest BCUT2D eigenvalue weighted by molar-refractivity contribution is 7.92. The number of hydrogen-bond acceptors (Lipinski definition) is 7. The molecule has 0 aliphatic carbocycles. The fourth-order valence-corrected chi connectivity index (χ4v) is 4.31. The Labute approximate surface area is 181 Å². The first-order valence-corrected chi connectivity index (χ1v) is 12.4. The molecule has 0 bridgehead atoms. The molecular weight excluding hydrogens is 448 g/mol. The zero-order valence-corrected chi connectivity index (χ0v) is 18.8. The van der Waals surface area contributed by atoms with Crippen molar-refractivity contribution in [1.82, 2.24) is 0 Å². The number of ether oxygens (including phenoxy) is 2. The van der Waals surface area contributed by atoms with Crippen molar-refractivity contribution in [3.05, 3.63) is 42.0 Å². The molecule has 170 valence electrons. The molecule has 0 heterocycles. The molecule has 2 aromatic carbocycles. The highest BCUT2D eigenvalue weighted by Gasteiger charge is 2.17. The van der Waals surface area contributed by atoms with Crippen LogP contribution in [0, 0.1) is 6.92 Å². The first kappa shape index (κ1) is 24.3. The molecule has 2 aromatic rings. The summed E-state index contributed by atoms with van der Waals surface area (Å²) in [6, 6.07) is 8.46. The predicted octanol–water partition coefficient (Wildman–Crippen LogP) is 2.42. The molecule has 12 heteroatoms. The lowest BCUT2D eigenvalue weighted by Crippen LogP contribution is -2.14. The Morgan fingerprint density at radius 1 is 1.03 bits per heavy atom. The third-order valence-corrected chi connectivity index (χ3v) is 5.97. The van der Waals surface area contributed by atoms with Crippen LogP contribution in [0.1, 0.15) is 18.4 Å². The molecule has 0 aromatic heterocycles. The van der Waals surface area contributed by atoms with Gasteiger partial charge in [0.15, 0.2) is 0 Å². The third kappa shape index (κ3) is 7.33. The Bertz CT molecular complexity index is 1160. The highest BCUT2D eigenvalue weighted by atomic mass is 32.2. The van der Waals surface area contributed by atoms with Crippen molar-refractivity contribution >= 4 is 37.4 Å². The number of methoxy groups -OCH3 is 1. The van der Waals surface area contributed by atoms with Gasteiger partial charge in [0, 0.05) is 12.5 Å². The van der Waals surface area contributed by atoms with Crippen LogP contribution >= 0.6 is 0 Å². The van der Waals surface area contributed by atoms with Gasteiger partial charge in [0.25, 0.3) is 10.0 Å². The number of anilines is 2. The molecule has 31 heavy (non-hydrogen) atoms. The molecule has 0 atom stereocenters. The number of hydrogen-bond donors (Lipinski definition) is 3. The number of rotatable bonds is 11. The number of nitrogens with one attached hydrogen (secondary N) is 2. The minimum absolute atomic E-state index is 0.000176. The molecule has 0 fully saturated rings. The Morgan fingerprint density at radius 3 is 2.32 bits per heavy atom. The van der Waals surface area contributed by atoms with Crippen molar-refractivity contribution in [2.45, 2.75) is 24.7 Å². The SMILES string of the molecule is COc1cc(NS(=O)(=O)c2ccc(OCCCC(=O)O)c(C)c2)ccc1NS(C)(=O)=O. The lowest BCUT2D eigenvalue weighted by Gasteiger charge is -2.14. The van der Waals surface area contributed by atoms with Crippen molar-refractivity contribution in [1.29, 1.82) is 0 Å². The maximum atomic E-state index is 12.7. The molecule has 2 rings (SSSR count). The minimum Gasteiger partial charge on any atom is -0.494 e. The second kappa shape index (κ2) is 9.88. The summed E-state index contributed by atoms with van der Waals surface area (Å²) in [5, 5.41) is 8.64. The number of carboxylic acids is 1. The first-order valence-electron chi connectivity index (χ1n) is 9.05. The van der Waals surface area contributed by atoms with Crippen LogP contribution in [-0.4, -0.2) is 47.9 Å². The normalized spacial score (nSPS) is 11.6. The molecule has 0 amide bonds. The van der Waals surface area contributed by atoms with Crippen molar-refractivity contribution in [3.63, 3.8) is 0 Å². The van der Waals surface area contributed by atoms with Gasteiger partial charge in [0.05, 0.1) is 36.2 Å². The van der Waals surface area contributed by atoms with Crippen molar-refractivity contribution < 1.29 is 36.2 Å². The van der Waals surface area contributed by atoms with E-state index >= 15 is 0 Å². The molecular formula is C19H24N2O8S2. The standard InChI is InChI=1S/C19H24N2O8S2/c1-13-11-15(7-9-17(13)29-10-4-5-19(22)23)31(26,27)20-14-6-8-16(18(12-14)28-2)21-30(3,24)25/h6-9,11-12,20-21H,4-5,10H2,1-3H3,(H,22,23). The summed E-state index contributed by atoms with van der Waals surface area (Å²) in [5.41, 5.74) is 0.930. The van der Waals surface area contributed by atoms with Crippen LogP contribution in [0.4, 0.5) is 11.4 Å². The Morgan fingerprint density at radius 2 is 1.74 bits per heavy atom. The summed E-state index contributed by atoms with van der Waals surface area (Å²) < 4.78 is 63.7. The first-order chi connectivity index (χ1) is 14.4. The minimum atomic E-state index is -3.94. The lowest BCUT2D eigenvalue weighted by atomic mass is 10.2. The van der Waals surface area contributed by atoms with E-state index in [1.165, 1.54) is 43.5 Å². The summed E-state index contributed by atoms with van der Waals surface area (Å²) in [5.74, 6) is -0.307. The van der Waals surface area contributed by atoms with E-state index in [0.717, 1.165) is 6.26 Å². The van der Waals surface area contributed by atoms with E-state index in [-0.39, 0.29) is 35.0 Å². The third-order valence-electron chi connectivity index (χ3n) is 4.00. The average molecular weight is 473 g/mol. The van der Waals surface area contributed by atoms with Gasteiger partial charge < -0.3 is 14.6 Å². The van der Waals surface area contributed by atoms with Crippen molar-refractivity contribution in [3.8, 4) is 11.5 Å². The van der Waals surface area contributed by atoms with Gasteiger partial charge >= 0.3 is 5.97 Å². The zero-order valence-electron chi connectivity index (χ0n) is 17.2. The predicted molar refractivity (Wildman–Crippen MR) is 116 cm³/mol. The smallest absolute Gasteiger partial charge is 0.303 e. The fourth-order valence-electron chi connectivity index (χ4n) is 2.61. The number of sulfonamides is 2. The van der Waals surface area contributed by atoms with Gasteiger partial charge in [-0.3, -0.25) is 14.2 Å². The Kier molecular flexibility index (Phi) is 7.74. The average Bonchev–Trinajstić information content (AvgIpc) is 2.65. The number of carboxylic acid groups (broad SMARTS) is 1. The van der Waals surface area contributed by atoms with Crippen molar-refractivity contribution in [2.75, 3.05) is 29.4 Å². The molecule has 0 aliphatic rings. The molecule has 0 spiro atoms. The van der Waals surface area contributed by atoms with Crippen LogP contribution in [-0.2, 0) is 24.8 Å². The van der Waals surface area contributed by atoms with E-state index < -0.39 is 26.0 Å². The Balaban J connectivity index is 2.16. The van der Waals surface area contributed by atoms with Gasteiger partial charge in [-0.1, -0.05) is 0 Å². The molecule has 0 unspecified atom stereocenters. The maximum Gasteiger partial charge on any atom is 0.303 e. The van der Waals surface area contributed by atoms with Crippen LogP contribution in [0.3, 0.4) is 0 Å². The van der Waals surface area contributed by atoms with Crippen LogP contribution < -0.4 is 18.9 Å². The number of aliphatic carboxylic acids is 1. The van der Waals surface area contributed by atoms with Crippen LogP contribution in [0.25, 0.3) is 0 Å². The Hall–Kier alpha value is -2.99. The molecule has 0 saturated heterocycles. The summed E-state index contributed by atoms with van der Waals surface area (Å²) in [7, 11) is -6.14. The van der Waals surface area contributed by atoms with Gasteiger partial charge in [-0.2, -0.15) is 0 Å². The topological polar surface area (TPSA) is 148 Å². The fraction of sp³-hybridized carbons (Fsp3) is 0.316. The lowest BCUT2D eigenvalue weighted by molar-refractivity contribution is -0.137. The van der Waals surface area contributed by atoms with Gasteiger partial charge in [0.1, 0.15) is 11.5 Å². The number of aryl methyl sites for hydroxylation is 1. The summed E-state index contributed by atoms with van der Waals surface area (Å²) >= 11 is 0. The molecule has 0 radical (unpaired) electrons. The zero-order chi connectivity index (χ0) is 23.2. The molecule has 3 N–H and O–H groups in total. The summed E-state index contributed by atoms with van der Waals surface area (Å²) in [4.78, 5) is 10.5. The number of benzene rings is 2. The monoisotopic (exact) mass is 472 g/mol. The second-order valence-electron chi connectivity index (χ2n) is 6.67. The number of carbonyl (C=O) groups is 1. The van der Waals surface area contributed by atoms with Crippen molar-refractivity contribution in [2.24, 2.45) is 0 Å². The van der Waals surface area contributed by atoms with Crippen LogP contribution in [0.15, 0.2) is 41.3 Å². The van der Waals surface area contributed by atoms with Gasteiger partial charge in [-0.15, -0.1) is 0 Å². The largest absolute Gasteiger partial charge is 0.494 e. The van der Waals surface area contributed by atoms with E-state index in [4.69, 9.17) is 14.6 Å². The maximum absolute atomic E-state index is 12.7. The van der Waals surface area contributed by atoms with Gasteiger partial charge in [0.2, 0.25) is 10.0 Å². The van der Waals surface area contributed by atoms with E-state index in [9.17, 15) is 21.6 Å². The molecule has 10 nitrogen and oxygen atoms in total. The highest BCUT2D eigenvalue weighted by Crippen LogP contribution is 2.30. The van der Waals surface area contributed by atoms with E-state index in [1.807, 2.05) is 0 Å². The summed E-state index contributed by atoms with van der Waals surface area (Å²) in [6.07, 6.45) is 1.31. The van der Waals surface area contributed by atoms with Crippen LogP contribution in [0.5, 0.6) is 11.5 Å². The summed E-state index contributed by atoms with van der Waals surface area (Å²) in [6.45, 7) is 1.88. The van der Waals surface area contributed by atoms with Gasteiger partial charge in [-0.05, 0) is 49.2 Å². The van der Waals surface area contributed by atoms with E-state index in [2.05, 4.69) is 9.44 Å². The van der Waals surface area contributed by atoms with E-state index in [1.54, 1.807) is 6.92 Å². The van der Waals surface area contributed by atoms with Gasteiger partial charge in [-0.25, -0.2) is 16.8 Å². The molecule has 0 saturated carbocycles.